The van der Waals surface area contributed by atoms with Crippen LogP contribution in [-0.4, -0.2) is 28.9 Å². The second kappa shape index (κ2) is 8.55. The van der Waals surface area contributed by atoms with Crippen LogP contribution in [0, 0.1) is 11.8 Å². The van der Waals surface area contributed by atoms with Gasteiger partial charge < -0.3 is 15.2 Å². The van der Waals surface area contributed by atoms with Gasteiger partial charge in [-0.05, 0) is 49.8 Å². The molecule has 0 radical (unpaired) electrons. The van der Waals surface area contributed by atoms with Crippen molar-refractivity contribution in [2.45, 2.75) is 64.5 Å². The lowest BCUT2D eigenvalue weighted by Crippen LogP contribution is -2.46. The van der Waals surface area contributed by atoms with Crippen LogP contribution in [0.15, 0.2) is 29.3 Å². The van der Waals surface area contributed by atoms with E-state index in [1.807, 2.05) is 13.8 Å². The standard InChI is InChI=1S/C21H28N2O4/c1-3-17-18(20(25)27-13(2)14-8-5-4-6-9-14)19(23-21(26)22-17)15-10-7-11-16(24)12-15/h7,10-14,18-19,24H,3-6,8-9H2,1-2H3,(H,23,26). The van der Waals surface area contributed by atoms with Crippen LogP contribution in [0.25, 0.3) is 0 Å². The molecule has 0 spiro atoms. The molecule has 3 atom stereocenters. The van der Waals surface area contributed by atoms with Gasteiger partial charge in [-0.15, -0.1) is 0 Å². The van der Waals surface area contributed by atoms with E-state index in [-0.39, 0.29) is 17.8 Å². The van der Waals surface area contributed by atoms with Gasteiger partial charge in [0.2, 0.25) is 0 Å². The van der Waals surface area contributed by atoms with Crippen LogP contribution in [-0.2, 0) is 9.53 Å². The molecule has 1 aromatic rings. The highest BCUT2D eigenvalue weighted by molar-refractivity contribution is 6.09. The summed E-state index contributed by atoms with van der Waals surface area (Å²) in [6.45, 7) is 3.84. The number of rotatable bonds is 5. The molecule has 0 bridgehead atoms. The van der Waals surface area contributed by atoms with Crippen molar-refractivity contribution in [2.24, 2.45) is 16.8 Å². The lowest BCUT2D eigenvalue weighted by atomic mass is 9.85. The monoisotopic (exact) mass is 372 g/mol. The van der Waals surface area contributed by atoms with Crippen LogP contribution in [0.2, 0.25) is 0 Å². The highest BCUT2D eigenvalue weighted by Gasteiger charge is 2.40. The van der Waals surface area contributed by atoms with Gasteiger partial charge >= 0.3 is 12.0 Å². The minimum Gasteiger partial charge on any atom is -0.508 e. The third-order valence-corrected chi connectivity index (χ3v) is 5.68. The van der Waals surface area contributed by atoms with E-state index in [9.17, 15) is 14.7 Å². The molecule has 0 aromatic heterocycles. The van der Waals surface area contributed by atoms with E-state index in [1.54, 1.807) is 24.3 Å². The highest BCUT2D eigenvalue weighted by atomic mass is 16.5. The number of aromatic hydroxyl groups is 1. The molecular weight excluding hydrogens is 344 g/mol. The molecule has 1 aliphatic carbocycles. The molecule has 2 N–H and O–H groups in total. The number of urea groups is 1. The van der Waals surface area contributed by atoms with Crippen LogP contribution in [0.5, 0.6) is 5.75 Å². The number of esters is 1. The summed E-state index contributed by atoms with van der Waals surface area (Å²) < 4.78 is 5.85. The number of ether oxygens (including phenoxy) is 1. The second-order valence-electron chi connectivity index (χ2n) is 7.50. The molecule has 0 saturated heterocycles. The summed E-state index contributed by atoms with van der Waals surface area (Å²) in [6.07, 6.45) is 6.11. The Labute approximate surface area is 160 Å². The molecule has 1 fully saturated rings. The van der Waals surface area contributed by atoms with Crippen molar-refractivity contribution in [1.82, 2.24) is 5.32 Å². The first-order chi connectivity index (χ1) is 13.0. The lowest BCUT2D eigenvalue weighted by Gasteiger charge is -2.33. The number of nitrogens with zero attached hydrogens (tertiary/aromatic N) is 1. The zero-order valence-corrected chi connectivity index (χ0v) is 16.0. The molecule has 1 aliphatic heterocycles. The van der Waals surface area contributed by atoms with E-state index in [0.29, 0.717) is 23.6 Å². The minimum atomic E-state index is -0.680. The Hall–Kier alpha value is -2.37. The predicted octanol–water partition coefficient (Wildman–Crippen LogP) is 4.14. The van der Waals surface area contributed by atoms with Gasteiger partial charge in [-0.25, -0.2) is 9.79 Å². The molecule has 1 heterocycles. The van der Waals surface area contributed by atoms with Crippen LogP contribution in [0.1, 0.15) is 64.0 Å². The molecule has 1 aromatic carbocycles. The second-order valence-corrected chi connectivity index (χ2v) is 7.50. The third-order valence-electron chi connectivity index (χ3n) is 5.68. The van der Waals surface area contributed by atoms with Gasteiger partial charge in [-0.1, -0.05) is 38.3 Å². The third kappa shape index (κ3) is 4.49. The molecule has 2 aliphatic rings. The van der Waals surface area contributed by atoms with Crippen LogP contribution >= 0.6 is 0 Å². The Bertz CT molecular complexity index is 725. The molecule has 27 heavy (non-hydrogen) atoms. The molecule has 3 unspecified atom stereocenters. The maximum absolute atomic E-state index is 13.1. The van der Waals surface area contributed by atoms with Crippen LogP contribution < -0.4 is 5.32 Å². The number of amides is 2. The summed E-state index contributed by atoms with van der Waals surface area (Å²) in [5.41, 5.74) is 1.18. The maximum atomic E-state index is 13.1. The normalized spacial score (nSPS) is 24.7. The predicted molar refractivity (Wildman–Crippen MR) is 103 cm³/mol. The Morgan fingerprint density at radius 3 is 2.74 bits per heavy atom. The first-order valence-corrected chi connectivity index (χ1v) is 9.87. The highest BCUT2D eigenvalue weighted by Crippen LogP contribution is 2.33. The van der Waals surface area contributed by atoms with Gasteiger partial charge in [0.15, 0.2) is 0 Å². The fourth-order valence-corrected chi connectivity index (χ4v) is 4.16. The average molecular weight is 372 g/mol. The number of phenols is 1. The quantitative estimate of drug-likeness (QED) is 0.761. The fraction of sp³-hybridized carbons (Fsp3) is 0.571. The van der Waals surface area contributed by atoms with E-state index < -0.39 is 18.0 Å². The first kappa shape index (κ1) is 19.4. The largest absolute Gasteiger partial charge is 0.508 e. The van der Waals surface area contributed by atoms with Gasteiger partial charge in [0, 0.05) is 5.71 Å². The van der Waals surface area contributed by atoms with Gasteiger partial charge in [-0.2, -0.15) is 0 Å². The topological polar surface area (TPSA) is 88.0 Å². The van der Waals surface area contributed by atoms with E-state index >= 15 is 0 Å². The van der Waals surface area contributed by atoms with Crippen LogP contribution in [0.4, 0.5) is 4.79 Å². The van der Waals surface area contributed by atoms with Gasteiger partial charge in [0.05, 0.1) is 6.04 Å². The molecule has 6 heteroatoms. The zero-order valence-electron chi connectivity index (χ0n) is 16.0. The number of hydrogen-bond acceptors (Lipinski definition) is 4. The first-order valence-electron chi connectivity index (χ1n) is 9.87. The zero-order chi connectivity index (χ0) is 19.4. The van der Waals surface area contributed by atoms with Crippen molar-refractivity contribution < 1.29 is 19.4 Å². The van der Waals surface area contributed by atoms with Crippen molar-refractivity contribution in [3.63, 3.8) is 0 Å². The van der Waals surface area contributed by atoms with E-state index in [0.717, 1.165) is 12.8 Å². The summed E-state index contributed by atoms with van der Waals surface area (Å²) in [5.74, 6) is -0.560. The summed E-state index contributed by atoms with van der Waals surface area (Å²) in [7, 11) is 0. The smallest absolute Gasteiger partial charge is 0.341 e. The van der Waals surface area contributed by atoms with Crippen molar-refractivity contribution in [3.05, 3.63) is 29.8 Å². The molecule has 6 nitrogen and oxygen atoms in total. The Kier molecular flexibility index (Phi) is 6.14. The summed E-state index contributed by atoms with van der Waals surface area (Å²) in [4.78, 5) is 29.1. The number of carbonyl (C=O) groups is 2. The molecular formula is C21H28N2O4. The van der Waals surface area contributed by atoms with E-state index in [1.165, 1.54) is 19.3 Å². The average Bonchev–Trinajstić information content (AvgIpc) is 2.67. The Balaban J connectivity index is 1.83. The van der Waals surface area contributed by atoms with Crippen molar-refractivity contribution in [3.8, 4) is 5.75 Å². The maximum Gasteiger partial charge on any atom is 0.341 e. The number of phenolic OH excluding ortho intramolecular Hbond substituents is 1. The Morgan fingerprint density at radius 2 is 2.07 bits per heavy atom. The minimum absolute atomic E-state index is 0.0880. The van der Waals surface area contributed by atoms with Crippen LogP contribution in [0.3, 0.4) is 0 Å². The number of hydrogen-bond donors (Lipinski definition) is 2. The van der Waals surface area contributed by atoms with Crippen molar-refractivity contribution >= 4 is 17.7 Å². The fourth-order valence-electron chi connectivity index (χ4n) is 4.16. The number of nitrogens with one attached hydrogen (secondary N) is 1. The number of carbonyl (C=O) groups excluding carboxylic acids is 2. The summed E-state index contributed by atoms with van der Waals surface area (Å²) in [5, 5.41) is 12.6. The van der Waals surface area contributed by atoms with E-state index in [4.69, 9.17) is 4.74 Å². The summed E-state index contributed by atoms with van der Waals surface area (Å²) >= 11 is 0. The van der Waals surface area contributed by atoms with E-state index in [2.05, 4.69) is 10.3 Å². The number of aliphatic imine (C=N–C) groups is 1. The molecule has 2 amide bonds. The number of benzene rings is 1. The van der Waals surface area contributed by atoms with Crippen molar-refractivity contribution in [2.75, 3.05) is 0 Å². The lowest BCUT2D eigenvalue weighted by molar-refractivity contribution is -0.154. The van der Waals surface area contributed by atoms with Gasteiger partial charge in [0.25, 0.3) is 0 Å². The summed E-state index contributed by atoms with van der Waals surface area (Å²) in [6, 6.07) is 5.54. The van der Waals surface area contributed by atoms with Gasteiger partial charge in [0.1, 0.15) is 17.8 Å². The van der Waals surface area contributed by atoms with Crippen molar-refractivity contribution in [1.29, 1.82) is 0 Å². The molecule has 146 valence electrons. The van der Waals surface area contributed by atoms with Gasteiger partial charge in [-0.3, -0.25) is 4.79 Å². The Morgan fingerprint density at radius 1 is 1.33 bits per heavy atom. The SMILES string of the molecule is CCC1=NC(=O)NC(c2cccc(O)c2)C1C(=O)OC(C)C1CCCCC1. The molecule has 3 rings (SSSR count). The molecule has 1 saturated carbocycles.